The number of halogens is 1. The van der Waals surface area contributed by atoms with Crippen LogP contribution < -0.4 is 0 Å². The van der Waals surface area contributed by atoms with E-state index in [1.54, 1.807) is 0 Å². The summed E-state index contributed by atoms with van der Waals surface area (Å²) in [5, 5.41) is 0.632. The van der Waals surface area contributed by atoms with Gasteiger partial charge in [0.1, 0.15) is 0 Å². The molecule has 12 heavy (non-hydrogen) atoms. The molecular formula is C9H13ClO2. The van der Waals surface area contributed by atoms with E-state index in [4.69, 9.17) is 11.6 Å². The lowest BCUT2D eigenvalue weighted by Gasteiger charge is -1.98. The average molecular weight is 189 g/mol. The highest BCUT2D eigenvalue weighted by Gasteiger charge is 1.99. The van der Waals surface area contributed by atoms with E-state index in [0.29, 0.717) is 11.5 Å². The van der Waals surface area contributed by atoms with Crippen LogP contribution in [0.5, 0.6) is 0 Å². The molecule has 2 nitrogen and oxygen atoms in total. The molecule has 0 aliphatic carbocycles. The maximum atomic E-state index is 10.7. The summed E-state index contributed by atoms with van der Waals surface area (Å²) in [5.41, 5.74) is 0. The Kier molecular flexibility index (Phi) is 6.48. The first-order chi connectivity index (χ1) is 5.66. The zero-order valence-corrected chi connectivity index (χ0v) is 7.77. The van der Waals surface area contributed by atoms with E-state index < -0.39 is 0 Å². The number of unbranched alkanes of at least 4 members (excludes halogenated alkanes) is 1. The highest BCUT2D eigenvalue weighted by molar-refractivity contribution is 6.29. The molecule has 0 rings (SSSR count). The van der Waals surface area contributed by atoms with E-state index in [1.807, 2.05) is 0 Å². The Morgan fingerprint density at radius 2 is 2.00 bits per heavy atom. The Bertz CT molecular complexity index is 175. The molecule has 0 saturated heterocycles. The number of carbonyl (C=O) groups excluding carboxylic acids is 1. The van der Waals surface area contributed by atoms with Crippen LogP contribution in [0.15, 0.2) is 24.5 Å². The van der Waals surface area contributed by atoms with Gasteiger partial charge < -0.3 is 4.74 Å². The van der Waals surface area contributed by atoms with Crippen LogP contribution in [0.3, 0.4) is 0 Å². The SMILES string of the molecule is C=COC(=O)CCCCC(=C)Cl. The number of ether oxygens (including phenoxy) is 1. The molecule has 0 N–H and O–H groups in total. The molecule has 0 aromatic rings. The van der Waals surface area contributed by atoms with Gasteiger partial charge in [0.05, 0.1) is 6.26 Å². The smallest absolute Gasteiger partial charge is 0.310 e. The van der Waals surface area contributed by atoms with Crippen LogP contribution in [-0.2, 0) is 9.53 Å². The van der Waals surface area contributed by atoms with Gasteiger partial charge in [-0.15, -0.1) is 0 Å². The minimum atomic E-state index is -0.245. The van der Waals surface area contributed by atoms with Gasteiger partial charge >= 0.3 is 5.97 Å². The van der Waals surface area contributed by atoms with Gasteiger partial charge in [0, 0.05) is 11.5 Å². The zero-order valence-electron chi connectivity index (χ0n) is 7.01. The second-order valence-corrected chi connectivity index (χ2v) is 2.92. The number of esters is 1. The van der Waals surface area contributed by atoms with Gasteiger partial charge in [-0.2, -0.15) is 0 Å². The van der Waals surface area contributed by atoms with Gasteiger partial charge in [-0.05, 0) is 19.3 Å². The molecule has 3 heteroatoms. The number of allylic oxidation sites excluding steroid dienone is 1. The topological polar surface area (TPSA) is 26.3 Å². The molecule has 0 fully saturated rings. The first kappa shape index (κ1) is 11.2. The second-order valence-electron chi connectivity index (χ2n) is 2.38. The normalized spacial score (nSPS) is 9.08. The fourth-order valence-corrected chi connectivity index (χ4v) is 0.872. The Labute approximate surface area is 77.9 Å². The van der Waals surface area contributed by atoms with E-state index in [1.165, 1.54) is 0 Å². The van der Waals surface area contributed by atoms with Gasteiger partial charge in [-0.1, -0.05) is 24.8 Å². The lowest BCUT2D eigenvalue weighted by Crippen LogP contribution is -1.98. The molecule has 0 atom stereocenters. The van der Waals surface area contributed by atoms with Crippen LogP contribution in [0.2, 0.25) is 0 Å². The van der Waals surface area contributed by atoms with Crippen molar-refractivity contribution in [3.8, 4) is 0 Å². The molecule has 0 radical (unpaired) electrons. The molecule has 68 valence electrons. The van der Waals surface area contributed by atoms with Gasteiger partial charge in [-0.25, -0.2) is 0 Å². The van der Waals surface area contributed by atoms with Crippen molar-refractivity contribution >= 4 is 17.6 Å². The summed E-state index contributed by atoms with van der Waals surface area (Å²) in [6.45, 7) is 6.82. The lowest BCUT2D eigenvalue weighted by molar-refractivity contribution is -0.138. The summed E-state index contributed by atoms with van der Waals surface area (Å²) in [5.74, 6) is -0.245. The highest BCUT2D eigenvalue weighted by Crippen LogP contribution is 2.10. The van der Waals surface area contributed by atoms with E-state index in [-0.39, 0.29) is 5.97 Å². The molecule has 0 unspecified atom stereocenters. The third-order valence-corrected chi connectivity index (χ3v) is 1.48. The summed E-state index contributed by atoms with van der Waals surface area (Å²) in [6, 6.07) is 0. The first-order valence-corrected chi connectivity index (χ1v) is 4.18. The minimum Gasteiger partial charge on any atom is -0.435 e. The van der Waals surface area contributed by atoms with Crippen LogP contribution in [0, 0.1) is 0 Å². The van der Waals surface area contributed by atoms with Crippen LogP contribution in [0.4, 0.5) is 0 Å². The van der Waals surface area contributed by atoms with Crippen LogP contribution in [-0.4, -0.2) is 5.97 Å². The maximum absolute atomic E-state index is 10.7. The molecule has 0 heterocycles. The van der Waals surface area contributed by atoms with Crippen molar-refractivity contribution < 1.29 is 9.53 Å². The molecule has 0 amide bonds. The standard InChI is InChI=1S/C9H13ClO2/c1-3-12-9(11)7-5-4-6-8(2)10/h3H,1-2,4-7H2. The largest absolute Gasteiger partial charge is 0.435 e. The van der Waals surface area contributed by atoms with Crippen molar-refractivity contribution in [2.24, 2.45) is 0 Å². The number of hydrogen-bond acceptors (Lipinski definition) is 2. The molecule has 0 aliphatic heterocycles. The minimum absolute atomic E-state index is 0.245. The molecule has 0 aromatic carbocycles. The number of hydrogen-bond donors (Lipinski definition) is 0. The Hall–Kier alpha value is -0.760. The third kappa shape index (κ3) is 7.35. The zero-order chi connectivity index (χ0) is 9.40. The summed E-state index contributed by atoms with van der Waals surface area (Å²) in [7, 11) is 0. The van der Waals surface area contributed by atoms with Crippen molar-refractivity contribution in [2.45, 2.75) is 25.7 Å². The Morgan fingerprint density at radius 1 is 1.42 bits per heavy atom. The highest BCUT2D eigenvalue weighted by atomic mass is 35.5. The predicted octanol–water partition coefficient (Wildman–Crippen LogP) is 2.99. The van der Waals surface area contributed by atoms with Crippen LogP contribution >= 0.6 is 11.6 Å². The molecular weight excluding hydrogens is 176 g/mol. The Balaban J connectivity index is 3.25. The molecule has 0 aromatic heterocycles. The van der Waals surface area contributed by atoms with E-state index in [9.17, 15) is 4.79 Å². The summed E-state index contributed by atoms with van der Waals surface area (Å²) in [4.78, 5) is 10.7. The van der Waals surface area contributed by atoms with Crippen molar-refractivity contribution in [2.75, 3.05) is 0 Å². The lowest BCUT2D eigenvalue weighted by atomic mass is 10.2. The van der Waals surface area contributed by atoms with Crippen LogP contribution in [0.1, 0.15) is 25.7 Å². The number of carbonyl (C=O) groups is 1. The van der Waals surface area contributed by atoms with Gasteiger partial charge in [0.25, 0.3) is 0 Å². The maximum Gasteiger partial charge on any atom is 0.310 e. The van der Waals surface area contributed by atoms with Crippen molar-refractivity contribution in [3.05, 3.63) is 24.5 Å². The van der Waals surface area contributed by atoms with Crippen molar-refractivity contribution in [1.29, 1.82) is 0 Å². The summed E-state index contributed by atoms with van der Waals surface area (Å²) < 4.78 is 4.52. The predicted molar refractivity (Wildman–Crippen MR) is 49.8 cm³/mol. The van der Waals surface area contributed by atoms with E-state index in [2.05, 4.69) is 17.9 Å². The fourth-order valence-electron chi connectivity index (χ4n) is 0.738. The van der Waals surface area contributed by atoms with E-state index in [0.717, 1.165) is 25.5 Å². The molecule has 0 saturated carbocycles. The molecule has 0 aliphatic rings. The van der Waals surface area contributed by atoms with Crippen molar-refractivity contribution in [1.82, 2.24) is 0 Å². The van der Waals surface area contributed by atoms with Crippen molar-refractivity contribution in [3.63, 3.8) is 0 Å². The first-order valence-electron chi connectivity index (χ1n) is 3.80. The fraction of sp³-hybridized carbons (Fsp3) is 0.444. The van der Waals surface area contributed by atoms with Gasteiger partial charge in [-0.3, -0.25) is 4.79 Å². The monoisotopic (exact) mass is 188 g/mol. The van der Waals surface area contributed by atoms with E-state index >= 15 is 0 Å². The molecule has 0 spiro atoms. The summed E-state index contributed by atoms with van der Waals surface area (Å²) in [6.07, 6.45) is 3.95. The molecule has 0 bridgehead atoms. The Morgan fingerprint density at radius 3 is 2.50 bits per heavy atom. The average Bonchev–Trinajstić information content (AvgIpc) is 1.98. The second kappa shape index (κ2) is 6.92. The third-order valence-electron chi connectivity index (χ3n) is 1.29. The van der Waals surface area contributed by atoms with Gasteiger partial charge in [0.2, 0.25) is 0 Å². The van der Waals surface area contributed by atoms with Crippen LogP contribution in [0.25, 0.3) is 0 Å². The quantitative estimate of drug-likeness (QED) is 0.364. The summed E-state index contributed by atoms with van der Waals surface area (Å²) >= 11 is 5.53. The number of rotatable bonds is 6. The van der Waals surface area contributed by atoms with Gasteiger partial charge in [0.15, 0.2) is 0 Å².